The molecule has 1 saturated heterocycles. The zero-order valence-corrected chi connectivity index (χ0v) is 19.3. The van der Waals surface area contributed by atoms with Gasteiger partial charge in [0.2, 0.25) is 0 Å². The van der Waals surface area contributed by atoms with Crippen molar-refractivity contribution in [2.24, 2.45) is 0 Å². The van der Waals surface area contributed by atoms with Crippen LogP contribution >= 0.6 is 24.0 Å². The standard InChI is InChI=1S/C26H17F2N3OS2/c27-20-10-6-17(7-11-20)15-30-25(32)23(34-26(30)33)14-19-16-31(22-4-2-1-3-5-22)29-24(19)18-8-12-21(28)13-9-18/h1-14,16H,15H2. The Kier molecular flexibility index (Phi) is 6.08. The maximum absolute atomic E-state index is 13.5. The molecule has 34 heavy (non-hydrogen) atoms. The Bertz CT molecular complexity index is 1400. The highest BCUT2D eigenvalue weighted by Gasteiger charge is 2.32. The molecule has 0 radical (unpaired) electrons. The van der Waals surface area contributed by atoms with Crippen LogP contribution in [-0.2, 0) is 11.3 Å². The van der Waals surface area contributed by atoms with Crippen molar-refractivity contribution in [3.8, 4) is 16.9 Å². The first-order chi connectivity index (χ1) is 16.5. The number of halogens is 2. The zero-order chi connectivity index (χ0) is 23.7. The van der Waals surface area contributed by atoms with E-state index in [0.29, 0.717) is 20.5 Å². The number of thioether (sulfide) groups is 1. The summed E-state index contributed by atoms with van der Waals surface area (Å²) in [4.78, 5) is 15.1. The molecular formula is C26H17F2N3OS2. The lowest BCUT2D eigenvalue weighted by atomic mass is 10.1. The van der Waals surface area contributed by atoms with Crippen molar-refractivity contribution >= 4 is 40.3 Å². The highest BCUT2D eigenvalue weighted by atomic mass is 32.2. The SMILES string of the molecule is O=C1C(=Cc2cn(-c3ccccc3)nc2-c2ccc(F)cc2)SC(=S)N1Cc1ccc(F)cc1. The van der Waals surface area contributed by atoms with Crippen LogP contribution in [0.1, 0.15) is 11.1 Å². The number of benzene rings is 3. The lowest BCUT2D eigenvalue weighted by molar-refractivity contribution is -0.122. The van der Waals surface area contributed by atoms with Gasteiger partial charge in [0.25, 0.3) is 5.91 Å². The third kappa shape index (κ3) is 4.55. The Hall–Kier alpha value is -3.62. The molecule has 8 heteroatoms. The minimum absolute atomic E-state index is 0.225. The van der Waals surface area contributed by atoms with Crippen molar-refractivity contribution in [1.29, 1.82) is 0 Å². The summed E-state index contributed by atoms with van der Waals surface area (Å²) in [6.07, 6.45) is 3.59. The maximum atomic E-state index is 13.5. The average Bonchev–Trinajstić information content (AvgIpc) is 3.38. The van der Waals surface area contributed by atoms with Crippen LogP contribution in [0, 0.1) is 11.6 Å². The van der Waals surface area contributed by atoms with Gasteiger partial charge in [0, 0.05) is 17.3 Å². The van der Waals surface area contributed by atoms with Crippen LogP contribution in [0.15, 0.2) is 90.0 Å². The van der Waals surface area contributed by atoms with Crippen LogP contribution in [0.3, 0.4) is 0 Å². The van der Waals surface area contributed by atoms with Gasteiger partial charge >= 0.3 is 0 Å². The summed E-state index contributed by atoms with van der Waals surface area (Å²) in [6.45, 7) is 0.260. The fourth-order valence-electron chi connectivity index (χ4n) is 3.59. The van der Waals surface area contributed by atoms with Gasteiger partial charge in [0.05, 0.1) is 22.8 Å². The van der Waals surface area contributed by atoms with E-state index >= 15 is 0 Å². The second kappa shape index (κ2) is 9.32. The van der Waals surface area contributed by atoms with Gasteiger partial charge in [-0.2, -0.15) is 5.10 Å². The lowest BCUT2D eigenvalue weighted by Crippen LogP contribution is -2.27. The summed E-state index contributed by atoms with van der Waals surface area (Å²) in [7, 11) is 0. The van der Waals surface area contributed by atoms with Gasteiger partial charge < -0.3 is 0 Å². The van der Waals surface area contributed by atoms with Gasteiger partial charge in [-0.15, -0.1) is 0 Å². The molecule has 168 valence electrons. The Morgan fingerprint density at radius 3 is 2.24 bits per heavy atom. The van der Waals surface area contributed by atoms with E-state index in [-0.39, 0.29) is 24.1 Å². The first-order valence-corrected chi connectivity index (χ1v) is 11.6. The number of nitrogens with zero attached hydrogens (tertiary/aromatic N) is 3. The van der Waals surface area contributed by atoms with Crippen LogP contribution in [0.2, 0.25) is 0 Å². The minimum atomic E-state index is -0.338. The highest BCUT2D eigenvalue weighted by molar-refractivity contribution is 8.26. The fraction of sp³-hybridized carbons (Fsp3) is 0.0385. The van der Waals surface area contributed by atoms with E-state index in [1.165, 1.54) is 40.9 Å². The summed E-state index contributed by atoms with van der Waals surface area (Å²) >= 11 is 6.66. The van der Waals surface area contributed by atoms with Crippen LogP contribution in [-0.4, -0.2) is 24.9 Å². The Balaban J connectivity index is 1.51. The van der Waals surface area contributed by atoms with Crippen LogP contribution in [0.25, 0.3) is 23.0 Å². The maximum Gasteiger partial charge on any atom is 0.266 e. The number of rotatable bonds is 5. The van der Waals surface area contributed by atoms with E-state index in [0.717, 1.165) is 16.8 Å². The highest BCUT2D eigenvalue weighted by Crippen LogP contribution is 2.35. The summed E-state index contributed by atoms with van der Waals surface area (Å²) < 4.78 is 28.9. The van der Waals surface area contributed by atoms with E-state index in [1.54, 1.807) is 35.0 Å². The van der Waals surface area contributed by atoms with E-state index in [2.05, 4.69) is 0 Å². The Morgan fingerprint density at radius 1 is 0.912 bits per heavy atom. The number of carbonyl (C=O) groups is 1. The van der Waals surface area contributed by atoms with Crippen molar-refractivity contribution in [1.82, 2.24) is 14.7 Å². The molecular weight excluding hydrogens is 472 g/mol. The molecule has 0 aliphatic carbocycles. The van der Waals surface area contributed by atoms with Gasteiger partial charge in [-0.05, 0) is 60.2 Å². The molecule has 4 nitrogen and oxygen atoms in total. The number of amides is 1. The summed E-state index contributed by atoms with van der Waals surface area (Å²) in [5.41, 5.74) is 3.69. The summed E-state index contributed by atoms with van der Waals surface area (Å²) in [5, 5.41) is 4.71. The molecule has 1 amide bonds. The Morgan fingerprint density at radius 2 is 1.56 bits per heavy atom. The van der Waals surface area contributed by atoms with Gasteiger partial charge in [-0.3, -0.25) is 9.69 Å². The van der Waals surface area contributed by atoms with Crippen molar-refractivity contribution in [2.75, 3.05) is 0 Å². The third-order valence-electron chi connectivity index (χ3n) is 5.30. The molecule has 5 rings (SSSR count). The van der Waals surface area contributed by atoms with Crippen molar-refractivity contribution in [2.45, 2.75) is 6.54 Å². The molecule has 1 fully saturated rings. The smallest absolute Gasteiger partial charge is 0.266 e. The van der Waals surface area contributed by atoms with E-state index in [4.69, 9.17) is 17.3 Å². The van der Waals surface area contributed by atoms with Crippen molar-refractivity contribution < 1.29 is 13.6 Å². The normalized spacial score (nSPS) is 14.9. The average molecular weight is 490 g/mol. The number of para-hydroxylation sites is 1. The van der Waals surface area contributed by atoms with Gasteiger partial charge in [-0.1, -0.05) is 54.3 Å². The number of aromatic nitrogens is 2. The van der Waals surface area contributed by atoms with E-state index < -0.39 is 0 Å². The van der Waals surface area contributed by atoms with Crippen LogP contribution in [0.5, 0.6) is 0 Å². The van der Waals surface area contributed by atoms with Gasteiger partial charge in [0.15, 0.2) is 0 Å². The molecule has 0 bridgehead atoms. The topological polar surface area (TPSA) is 38.1 Å². The second-order valence-corrected chi connectivity index (χ2v) is 9.29. The number of thiocarbonyl (C=S) groups is 1. The predicted octanol–water partition coefficient (Wildman–Crippen LogP) is 6.22. The van der Waals surface area contributed by atoms with E-state index in [9.17, 15) is 13.6 Å². The van der Waals surface area contributed by atoms with Crippen LogP contribution < -0.4 is 0 Å². The first kappa shape index (κ1) is 22.2. The van der Waals surface area contributed by atoms with Crippen LogP contribution in [0.4, 0.5) is 8.78 Å². The quantitative estimate of drug-likeness (QED) is 0.246. The molecule has 0 N–H and O–H groups in total. The molecule has 0 spiro atoms. The molecule has 0 unspecified atom stereocenters. The van der Waals surface area contributed by atoms with Gasteiger partial charge in [0.1, 0.15) is 16.0 Å². The summed E-state index contributed by atoms with van der Waals surface area (Å²) in [6, 6.07) is 21.6. The molecule has 1 aliphatic rings. The van der Waals surface area contributed by atoms with E-state index in [1.807, 2.05) is 36.5 Å². The predicted molar refractivity (Wildman–Crippen MR) is 134 cm³/mol. The molecule has 4 aromatic rings. The number of carbonyl (C=O) groups excluding carboxylic acids is 1. The Labute approximate surface area is 204 Å². The number of hydrogen-bond acceptors (Lipinski definition) is 4. The summed E-state index contributed by atoms with van der Waals surface area (Å²) in [5.74, 6) is -0.899. The lowest BCUT2D eigenvalue weighted by Gasteiger charge is -2.14. The molecule has 1 aliphatic heterocycles. The molecule has 0 saturated carbocycles. The number of hydrogen-bond donors (Lipinski definition) is 0. The van der Waals surface area contributed by atoms with Gasteiger partial charge in [-0.25, -0.2) is 13.5 Å². The fourth-order valence-corrected chi connectivity index (χ4v) is 4.83. The molecule has 3 aromatic carbocycles. The largest absolute Gasteiger partial charge is 0.288 e. The first-order valence-electron chi connectivity index (χ1n) is 10.4. The molecule has 0 atom stereocenters. The monoisotopic (exact) mass is 489 g/mol. The molecule has 1 aromatic heterocycles. The van der Waals surface area contributed by atoms with Crippen molar-refractivity contribution in [3.63, 3.8) is 0 Å². The minimum Gasteiger partial charge on any atom is -0.288 e. The second-order valence-electron chi connectivity index (χ2n) is 7.61. The third-order valence-corrected chi connectivity index (χ3v) is 6.67. The molecule has 2 heterocycles. The zero-order valence-electron chi connectivity index (χ0n) is 17.7. The van der Waals surface area contributed by atoms with Crippen molar-refractivity contribution in [3.05, 3.63) is 113 Å².